The van der Waals surface area contributed by atoms with E-state index < -0.39 is 18.6 Å². The molecule has 1 heteroatoms. The summed E-state index contributed by atoms with van der Waals surface area (Å²) in [7, 11) is 1.83. The van der Waals surface area contributed by atoms with Gasteiger partial charge in [-0.25, -0.2) is 4.57 Å². The summed E-state index contributed by atoms with van der Waals surface area (Å²) in [5, 5.41) is 0. The Morgan fingerprint density at radius 1 is 1.07 bits per heavy atom. The molecule has 0 N–H and O–H groups in total. The molecule has 0 fully saturated rings. The zero-order valence-corrected chi connectivity index (χ0v) is 16.8. The summed E-state index contributed by atoms with van der Waals surface area (Å²) in [4.78, 5) is 0. The molecule has 27 heavy (non-hydrogen) atoms. The third-order valence-corrected chi connectivity index (χ3v) is 5.28. The largest absolute Gasteiger partial charge is 0.212 e. The molecule has 0 amide bonds. The van der Waals surface area contributed by atoms with E-state index in [4.69, 9.17) is 6.85 Å². The standard InChI is InChI=1S/C26H30N/c1-17-16-27(6)24(14-21(17)15-26(3,4)5)22-12-11-20-13-19-9-7-8-10-23(19)25(20)18(22)2/h7-12,14,16H,13,15H2,1-6H3/q+1/i1D3,15D2. The maximum Gasteiger partial charge on any atom is 0.212 e. The minimum absolute atomic E-state index is 0.0628. The van der Waals surface area contributed by atoms with Gasteiger partial charge >= 0.3 is 0 Å². The molecule has 0 aliphatic heterocycles. The summed E-state index contributed by atoms with van der Waals surface area (Å²) in [6.07, 6.45) is 0.674. The molecule has 0 radical (unpaired) electrons. The van der Waals surface area contributed by atoms with Crippen LogP contribution < -0.4 is 4.57 Å². The molecule has 1 aliphatic rings. The first-order valence-electron chi connectivity index (χ1n) is 12.0. The van der Waals surface area contributed by atoms with Crippen LogP contribution in [-0.2, 0) is 19.8 Å². The molecule has 0 unspecified atom stereocenters. The predicted molar refractivity (Wildman–Crippen MR) is 114 cm³/mol. The van der Waals surface area contributed by atoms with Gasteiger partial charge in [-0.2, -0.15) is 0 Å². The van der Waals surface area contributed by atoms with E-state index in [0.717, 1.165) is 23.2 Å². The highest BCUT2D eigenvalue weighted by molar-refractivity contribution is 5.84. The van der Waals surface area contributed by atoms with Gasteiger partial charge in [-0.1, -0.05) is 51.1 Å². The van der Waals surface area contributed by atoms with Gasteiger partial charge in [0.15, 0.2) is 6.20 Å². The molecule has 0 saturated heterocycles. The average molecular weight is 362 g/mol. The highest BCUT2D eigenvalue weighted by atomic mass is 14.9. The molecule has 2 aromatic carbocycles. The third kappa shape index (κ3) is 3.20. The van der Waals surface area contributed by atoms with E-state index in [9.17, 15) is 0 Å². The zero-order valence-electron chi connectivity index (χ0n) is 21.8. The fourth-order valence-corrected chi connectivity index (χ4v) is 4.12. The van der Waals surface area contributed by atoms with Crippen molar-refractivity contribution in [2.24, 2.45) is 12.5 Å². The number of aromatic nitrogens is 1. The lowest BCUT2D eigenvalue weighted by Crippen LogP contribution is -2.32. The van der Waals surface area contributed by atoms with E-state index in [0.29, 0.717) is 0 Å². The van der Waals surface area contributed by atoms with Gasteiger partial charge in [0.2, 0.25) is 5.69 Å². The van der Waals surface area contributed by atoms with Gasteiger partial charge in [0.05, 0.1) is 0 Å². The Morgan fingerprint density at radius 2 is 1.85 bits per heavy atom. The van der Waals surface area contributed by atoms with E-state index in [1.165, 1.54) is 22.3 Å². The van der Waals surface area contributed by atoms with E-state index in [1.807, 2.05) is 11.6 Å². The third-order valence-electron chi connectivity index (χ3n) is 5.28. The predicted octanol–water partition coefficient (Wildman–Crippen LogP) is 5.95. The molecule has 1 nitrogen and oxygen atoms in total. The summed E-state index contributed by atoms with van der Waals surface area (Å²) in [6.45, 7) is 5.11. The van der Waals surface area contributed by atoms with Crippen LogP contribution in [0.1, 0.15) is 55.4 Å². The van der Waals surface area contributed by atoms with Crippen LogP contribution in [0.2, 0.25) is 0 Å². The van der Waals surface area contributed by atoms with E-state index in [1.54, 1.807) is 33.0 Å². The Morgan fingerprint density at radius 3 is 2.59 bits per heavy atom. The lowest BCUT2D eigenvalue weighted by molar-refractivity contribution is -0.660. The molecule has 3 aromatic rings. The van der Waals surface area contributed by atoms with Crippen LogP contribution in [0.25, 0.3) is 22.4 Å². The first-order valence-corrected chi connectivity index (χ1v) is 9.49. The van der Waals surface area contributed by atoms with Crippen molar-refractivity contribution in [3.63, 3.8) is 0 Å². The number of fused-ring (bicyclic) bond motifs is 3. The molecular formula is C26H30N+. The number of rotatable bonds is 2. The van der Waals surface area contributed by atoms with Crippen LogP contribution in [0.4, 0.5) is 0 Å². The second-order valence-electron chi connectivity index (χ2n) is 8.58. The Hall–Kier alpha value is -2.41. The molecule has 138 valence electrons. The molecule has 0 bridgehead atoms. The van der Waals surface area contributed by atoms with Crippen LogP contribution in [0.5, 0.6) is 0 Å². The smallest absolute Gasteiger partial charge is 0.201 e. The quantitative estimate of drug-likeness (QED) is 0.388. The van der Waals surface area contributed by atoms with Crippen molar-refractivity contribution < 1.29 is 11.4 Å². The Bertz CT molecular complexity index is 1220. The Balaban J connectivity index is 1.99. The van der Waals surface area contributed by atoms with Crippen molar-refractivity contribution in [3.05, 3.63) is 76.5 Å². The summed E-state index contributed by atoms with van der Waals surface area (Å²) >= 11 is 0. The fraction of sp³-hybridized carbons (Fsp3) is 0.346. The van der Waals surface area contributed by atoms with E-state index >= 15 is 0 Å². The first-order chi connectivity index (χ1) is 14.7. The average Bonchev–Trinajstić information content (AvgIpc) is 3.06. The topological polar surface area (TPSA) is 3.88 Å². The van der Waals surface area contributed by atoms with Gasteiger partial charge in [-0.3, -0.25) is 0 Å². The van der Waals surface area contributed by atoms with Crippen LogP contribution in [-0.4, -0.2) is 0 Å². The molecule has 1 heterocycles. The van der Waals surface area contributed by atoms with Gasteiger partial charge in [-0.05, 0) is 71.4 Å². The number of hydrogen-bond donors (Lipinski definition) is 0. The number of benzene rings is 2. The van der Waals surface area contributed by atoms with E-state index in [2.05, 4.69) is 43.3 Å². The minimum atomic E-state index is -2.41. The van der Waals surface area contributed by atoms with Crippen molar-refractivity contribution in [1.29, 1.82) is 0 Å². The van der Waals surface area contributed by atoms with E-state index in [-0.39, 0.29) is 11.1 Å². The highest BCUT2D eigenvalue weighted by Gasteiger charge is 2.25. The lowest BCUT2D eigenvalue weighted by Gasteiger charge is -2.20. The molecule has 0 spiro atoms. The molecule has 0 atom stereocenters. The highest BCUT2D eigenvalue weighted by Crippen LogP contribution is 2.41. The van der Waals surface area contributed by atoms with Gasteiger partial charge in [0.25, 0.3) is 0 Å². The molecule has 0 saturated carbocycles. The van der Waals surface area contributed by atoms with Gasteiger partial charge in [0.1, 0.15) is 7.05 Å². The van der Waals surface area contributed by atoms with Gasteiger partial charge in [-0.15, -0.1) is 0 Å². The second kappa shape index (κ2) is 6.34. The second-order valence-corrected chi connectivity index (χ2v) is 8.58. The van der Waals surface area contributed by atoms with Gasteiger partial charge in [0, 0.05) is 24.0 Å². The maximum atomic E-state index is 8.85. The van der Waals surface area contributed by atoms with Crippen LogP contribution >= 0.6 is 0 Å². The summed E-state index contributed by atoms with van der Waals surface area (Å²) in [6, 6.07) is 14.4. The van der Waals surface area contributed by atoms with Crippen molar-refractivity contribution in [2.45, 2.75) is 47.3 Å². The monoisotopic (exact) mass is 361 g/mol. The zero-order chi connectivity index (χ0) is 23.6. The summed E-state index contributed by atoms with van der Waals surface area (Å²) < 4.78 is 43.7. The van der Waals surface area contributed by atoms with Crippen molar-refractivity contribution in [3.8, 4) is 22.4 Å². The Kier molecular flexibility index (Phi) is 3.02. The molecule has 4 rings (SSSR count). The Labute approximate surface area is 170 Å². The lowest BCUT2D eigenvalue weighted by atomic mass is 9.86. The fourth-order valence-electron chi connectivity index (χ4n) is 4.12. The minimum Gasteiger partial charge on any atom is -0.201 e. The number of aryl methyl sites for hydroxylation is 2. The SMILES string of the molecule is [2H]C([2H])([2H])c1c[n+](C)c(-c2ccc3c(c2C)-c2ccccc2C3)cc1C([2H])([2H])C(C)(C)C. The summed E-state index contributed by atoms with van der Waals surface area (Å²) in [5.41, 5.74) is 7.55. The number of pyridine rings is 1. The maximum absolute atomic E-state index is 8.85. The van der Waals surface area contributed by atoms with Crippen LogP contribution in [0.3, 0.4) is 0 Å². The van der Waals surface area contributed by atoms with Crippen molar-refractivity contribution in [2.75, 3.05) is 0 Å². The normalized spacial score (nSPS) is 16.6. The van der Waals surface area contributed by atoms with Crippen molar-refractivity contribution in [1.82, 2.24) is 0 Å². The first kappa shape index (κ1) is 12.9. The van der Waals surface area contributed by atoms with Gasteiger partial charge < -0.3 is 0 Å². The molecule has 1 aliphatic carbocycles. The van der Waals surface area contributed by atoms with Crippen LogP contribution in [0, 0.1) is 19.2 Å². The molecule has 1 aromatic heterocycles. The number of nitrogens with zero attached hydrogens (tertiary/aromatic N) is 1. The van der Waals surface area contributed by atoms with Crippen LogP contribution in [0.15, 0.2) is 48.7 Å². The summed E-state index contributed by atoms with van der Waals surface area (Å²) in [5.74, 6) is 0. The van der Waals surface area contributed by atoms with Crippen molar-refractivity contribution >= 4 is 0 Å². The number of hydrogen-bond acceptors (Lipinski definition) is 0. The molecular weight excluding hydrogens is 326 g/mol.